The van der Waals surface area contributed by atoms with E-state index in [1.807, 2.05) is 37.3 Å². The first-order valence-electron chi connectivity index (χ1n) is 8.11. The summed E-state index contributed by atoms with van der Waals surface area (Å²) >= 11 is 0. The lowest BCUT2D eigenvalue weighted by Gasteiger charge is -2.17. The Morgan fingerprint density at radius 2 is 2.04 bits per heavy atom. The van der Waals surface area contributed by atoms with Crippen molar-refractivity contribution in [3.63, 3.8) is 0 Å². The highest BCUT2D eigenvalue weighted by atomic mass is 32.2. The molecule has 25 heavy (non-hydrogen) atoms. The van der Waals surface area contributed by atoms with E-state index in [1.165, 1.54) is 6.26 Å². The molecule has 0 bridgehead atoms. The number of rotatable bonds is 7. The monoisotopic (exact) mass is 363 g/mol. The summed E-state index contributed by atoms with van der Waals surface area (Å²) in [5.41, 5.74) is 2.04. The summed E-state index contributed by atoms with van der Waals surface area (Å²) < 4.78 is 22.5. The normalized spacial score (nSPS) is 13.5. The zero-order valence-electron chi connectivity index (χ0n) is 14.8. The Balaban J connectivity index is 1.86. The fourth-order valence-corrected chi connectivity index (χ4v) is 3.06. The Labute approximate surface area is 148 Å². The van der Waals surface area contributed by atoms with Crippen LogP contribution in [0.4, 0.5) is 0 Å². The van der Waals surface area contributed by atoms with Crippen molar-refractivity contribution in [2.45, 2.75) is 25.9 Å². The summed E-state index contributed by atoms with van der Waals surface area (Å²) in [6.07, 6.45) is 3.57. The zero-order chi connectivity index (χ0) is 18.3. The first-order chi connectivity index (χ1) is 11.9. The van der Waals surface area contributed by atoms with E-state index in [0.717, 1.165) is 17.1 Å². The summed E-state index contributed by atoms with van der Waals surface area (Å²) in [6, 6.07) is 9.99. The number of nitrogens with one attached hydrogen (secondary N) is 3. The van der Waals surface area contributed by atoms with Crippen LogP contribution in [0.25, 0.3) is 11.3 Å². The van der Waals surface area contributed by atoms with Crippen molar-refractivity contribution in [3.05, 3.63) is 42.4 Å². The number of hydrogen-bond donors (Lipinski definition) is 3. The Hall–Kier alpha value is -2.35. The van der Waals surface area contributed by atoms with Crippen LogP contribution in [-0.2, 0) is 16.4 Å². The van der Waals surface area contributed by atoms with Crippen LogP contribution in [0.2, 0.25) is 0 Å². The molecule has 0 saturated heterocycles. The predicted molar refractivity (Wildman–Crippen MR) is 101 cm³/mol. The van der Waals surface area contributed by atoms with Crippen molar-refractivity contribution in [2.24, 2.45) is 4.99 Å². The SMILES string of the molecule is CN=C(NCc1ncc(-c2ccccc2)[nH]1)NC(C)CCS(C)(=O)=O. The van der Waals surface area contributed by atoms with Gasteiger partial charge in [0.25, 0.3) is 0 Å². The first-order valence-corrected chi connectivity index (χ1v) is 10.2. The molecule has 0 saturated carbocycles. The molecule has 0 aliphatic heterocycles. The van der Waals surface area contributed by atoms with Crippen molar-refractivity contribution < 1.29 is 8.42 Å². The van der Waals surface area contributed by atoms with E-state index in [1.54, 1.807) is 13.2 Å². The van der Waals surface area contributed by atoms with Crippen molar-refractivity contribution in [3.8, 4) is 11.3 Å². The minimum Gasteiger partial charge on any atom is -0.354 e. The van der Waals surface area contributed by atoms with Gasteiger partial charge in [0.2, 0.25) is 0 Å². The molecule has 1 unspecified atom stereocenters. The number of imidazole rings is 1. The molecule has 1 heterocycles. The second-order valence-electron chi connectivity index (χ2n) is 6.00. The second-order valence-corrected chi connectivity index (χ2v) is 8.26. The number of guanidine groups is 1. The van der Waals surface area contributed by atoms with E-state index in [-0.39, 0.29) is 11.8 Å². The van der Waals surface area contributed by atoms with Crippen molar-refractivity contribution in [1.82, 2.24) is 20.6 Å². The van der Waals surface area contributed by atoms with Crippen LogP contribution in [0.15, 0.2) is 41.5 Å². The third-order valence-electron chi connectivity index (χ3n) is 3.66. The number of nitrogens with zero attached hydrogens (tertiary/aromatic N) is 2. The molecule has 0 spiro atoms. The van der Waals surface area contributed by atoms with Gasteiger partial charge in [-0.3, -0.25) is 4.99 Å². The number of benzene rings is 1. The van der Waals surface area contributed by atoms with Crippen molar-refractivity contribution in [1.29, 1.82) is 0 Å². The largest absolute Gasteiger partial charge is 0.354 e. The number of hydrogen-bond acceptors (Lipinski definition) is 4. The molecule has 3 N–H and O–H groups in total. The number of H-pyrrole nitrogens is 1. The van der Waals surface area contributed by atoms with E-state index in [9.17, 15) is 8.42 Å². The molecule has 0 amide bonds. The third-order valence-corrected chi connectivity index (χ3v) is 4.64. The smallest absolute Gasteiger partial charge is 0.191 e. The predicted octanol–water partition coefficient (Wildman–Crippen LogP) is 1.56. The third kappa shape index (κ3) is 6.58. The Morgan fingerprint density at radius 3 is 2.68 bits per heavy atom. The van der Waals surface area contributed by atoms with Gasteiger partial charge in [-0.15, -0.1) is 0 Å². The van der Waals surface area contributed by atoms with Gasteiger partial charge >= 0.3 is 0 Å². The van der Waals surface area contributed by atoms with Crippen LogP contribution in [-0.4, -0.2) is 49.4 Å². The van der Waals surface area contributed by atoms with Gasteiger partial charge in [-0.05, 0) is 18.9 Å². The lowest BCUT2D eigenvalue weighted by Crippen LogP contribution is -2.42. The lowest BCUT2D eigenvalue weighted by molar-refractivity contribution is 0.581. The highest BCUT2D eigenvalue weighted by Gasteiger charge is 2.10. The Kier molecular flexibility index (Phi) is 6.58. The van der Waals surface area contributed by atoms with Gasteiger partial charge in [0, 0.05) is 19.3 Å². The minimum atomic E-state index is -2.96. The molecular formula is C17H25N5O2S. The van der Waals surface area contributed by atoms with E-state index in [0.29, 0.717) is 18.9 Å². The Bertz CT molecular complexity index is 799. The zero-order valence-corrected chi connectivity index (χ0v) is 15.6. The topological polar surface area (TPSA) is 99.2 Å². The molecule has 7 nitrogen and oxygen atoms in total. The van der Waals surface area contributed by atoms with Gasteiger partial charge in [0.15, 0.2) is 5.96 Å². The molecule has 8 heteroatoms. The highest BCUT2D eigenvalue weighted by molar-refractivity contribution is 7.90. The lowest BCUT2D eigenvalue weighted by atomic mass is 10.2. The van der Waals surface area contributed by atoms with Gasteiger partial charge in [-0.25, -0.2) is 13.4 Å². The fraction of sp³-hybridized carbons (Fsp3) is 0.412. The molecule has 1 aromatic carbocycles. The second kappa shape index (κ2) is 8.66. The van der Waals surface area contributed by atoms with Gasteiger partial charge in [0.05, 0.1) is 24.2 Å². The van der Waals surface area contributed by atoms with Crippen LogP contribution >= 0.6 is 0 Å². The minimum absolute atomic E-state index is 0.00240. The number of aromatic nitrogens is 2. The molecule has 1 aromatic heterocycles. The summed E-state index contributed by atoms with van der Waals surface area (Å²) in [4.78, 5) is 11.8. The highest BCUT2D eigenvalue weighted by Crippen LogP contribution is 2.15. The maximum atomic E-state index is 11.2. The summed E-state index contributed by atoms with van der Waals surface area (Å²) in [7, 11) is -1.28. The van der Waals surface area contributed by atoms with E-state index >= 15 is 0 Å². The number of sulfone groups is 1. The summed E-state index contributed by atoms with van der Waals surface area (Å²) in [6.45, 7) is 2.42. The van der Waals surface area contributed by atoms with Crippen LogP contribution in [0, 0.1) is 0 Å². The molecule has 2 aromatic rings. The fourth-order valence-electron chi connectivity index (χ4n) is 2.28. The van der Waals surface area contributed by atoms with Gasteiger partial charge in [0.1, 0.15) is 15.7 Å². The molecule has 136 valence electrons. The van der Waals surface area contributed by atoms with Crippen LogP contribution < -0.4 is 10.6 Å². The molecule has 0 aliphatic rings. The molecule has 0 fully saturated rings. The number of aliphatic imine (C=N–C) groups is 1. The molecule has 1 atom stereocenters. The average molecular weight is 363 g/mol. The summed E-state index contributed by atoms with van der Waals surface area (Å²) in [5.74, 6) is 1.56. The van der Waals surface area contributed by atoms with Crippen LogP contribution in [0.3, 0.4) is 0 Å². The maximum absolute atomic E-state index is 11.2. The van der Waals surface area contributed by atoms with Crippen LogP contribution in [0.1, 0.15) is 19.2 Å². The van der Waals surface area contributed by atoms with Gasteiger partial charge in [-0.2, -0.15) is 0 Å². The van der Waals surface area contributed by atoms with Gasteiger partial charge in [-0.1, -0.05) is 30.3 Å². The van der Waals surface area contributed by atoms with Crippen molar-refractivity contribution >= 4 is 15.8 Å². The first kappa shape index (κ1) is 19.0. The van der Waals surface area contributed by atoms with E-state index in [4.69, 9.17) is 0 Å². The van der Waals surface area contributed by atoms with Gasteiger partial charge < -0.3 is 15.6 Å². The molecule has 0 radical (unpaired) electrons. The van der Waals surface area contributed by atoms with Crippen molar-refractivity contribution in [2.75, 3.05) is 19.1 Å². The standard InChI is InChI=1S/C17H25N5O2S/c1-13(9-10-25(3,23)24)21-17(18-2)20-12-16-19-11-15(22-16)14-7-5-4-6-8-14/h4-8,11,13H,9-10,12H2,1-3H3,(H,19,22)(H2,18,20,21). The van der Waals surface area contributed by atoms with Crippen LogP contribution in [0.5, 0.6) is 0 Å². The summed E-state index contributed by atoms with van der Waals surface area (Å²) in [5, 5.41) is 6.35. The quantitative estimate of drug-likeness (QED) is 0.512. The maximum Gasteiger partial charge on any atom is 0.191 e. The average Bonchev–Trinajstić information content (AvgIpc) is 3.06. The number of aromatic amines is 1. The molecule has 2 rings (SSSR count). The molecule has 0 aliphatic carbocycles. The van der Waals surface area contributed by atoms with E-state index in [2.05, 4.69) is 25.6 Å². The molecular weight excluding hydrogens is 338 g/mol. The van der Waals surface area contributed by atoms with E-state index < -0.39 is 9.84 Å². The Morgan fingerprint density at radius 1 is 1.32 bits per heavy atom.